The van der Waals surface area contributed by atoms with Crippen molar-refractivity contribution in [2.75, 3.05) is 0 Å². The summed E-state index contributed by atoms with van der Waals surface area (Å²) in [6.07, 6.45) is 1.78. The molecule has 0 bridgehead atoms. The highest BCUT2D eigenvalue weighted by molar-refractivity contribution is 7.11. The van der Waals surface area contributed by atoms with Crippen LogP contribution in [0.2, 0.25) is 0 Å². The number of thiazole rings is 1. The number of alkyl halides is 2. The van der Waals surface area contributed by atoms with Crippen molar-refractivity contribution < 1.29 is 17.9 Å². The zero-order chi connectivity index (χ0) is 16.3. The van der Waals surface area contributed by atoms with Gasteiger partial charge in [-0.3, -0.25) is 0 Å². The summed E-state index contributed by atoms with van der Waals surface area (Å²) in [5.74, 6) is -0.771. The number of ether oxygens (including phenoxy) is 1. The van der Waals surface area contributed by atoms with Crippen LogP contribution in [0.4, 0.5) is 13.2 Å². The van der Waals surface area contributed by atoms with Gasteiger partial charge in [-0.25, -0.2) is 9.37 Å². The lowest BCUT2D eigenvalue weighted by Gasteiger charge is -2.21. The van der Waals surface area contributed by atoms with Gasteiger partial charge in [0.2, 0.25) is 0 Å². The number of aromatic nitrogens is 1. The number of nitrogens with zero attached hydrogens (tertiary/aromatic N) is 1. The number of benzene rings is 1. The van der Waals surface area contributed by atoms with Crippen LogP contribution in [0.1, 0.15) is 41.4 Å². The van der Waals surface area contributed by atoms with Gasteiger partial charge in [0.25, 0.3) is 0 Å². The van der Waals surface area contributed by atoms with E-state index in [9.17, 15) is 13.2 Å². The number of nitrogens with one attached hydrogen (secondary N) is 1. The fraction of sp³-hybridized carbons (Fsp3) is 0.400. The van der Waals surface area contributed by atoms with Crippen LogP contribution >= 0.6 is 11.3 Å². The predicted molar refractivity (Wildman–Crippen MR) is 79.8 cm³/mol. The van der Waals surface area contributed by atoms with E-state index in [1.165, 1.54) is 12.1 Å². The van der Waals surface area contributed by atoms with E-state index >= 15 is 0 Å². The van der Waals surface area contributed by atoms with Crippen LogP contribution in [0.15, 0.2) is 24.4 Å². The first-order valence-electron chi connectivity index (χ1n) is 6.79. The third-order valence-electron chi connectivity index (χ3n) is 3.17. The number of hydrogen-bond acceptors (Lipinski definition) is 4. The Morgan fingerprint density at radius 3 is 2.55 bits per heavy atom. The van der Waals surface area contributed by atoms with Gasteiger partial charge in [0.1, 0.15) is 16.6 Å². The minimum atomic E-state index is -2.99. The van der Waals surface area contributed by atoms with E-state index in [1.807, 2.05) is 20.8 Å². The average Bonchev–Trinajstić information content (AvgIpc) is 2.84. The van der Waals surface area contributed by atoms with E-state index < -0.39 is 12.4 Å². The number of halogens is 3. The third kappa shape index (κ3) is 4.20. The van der Waals surface area contributed by atoms with Gasteiger partial charge in [-0.05, 0) is 26.8 Å². The zero-order valence-electron chi connectivity index (χ0n) is 12.4. The van der Waals surface area contributed by atoms with E-state index in [2.05, 4.69) is 15.0 Å². The van der Waals surface area contributed by atoms with Crippen LogP contribution in [0, 0.1) is 12.7 Å². The highest BCUT2D eigenvalue weighted by atomic mass is 32.1. The van der Waals surface area contributed by atoms with Crippen molar-refractivity contribution in [2.24, 2.45) is 0 Å². The second-order valence-electron chi connectivity index (χ2n) is 4.98. The van der Waals surface area contributed by atoms with Gasteiger partial charge in [-0.15, -0.1) is 11.3 Å². The molecule has 0 aliphatic heterocycles. The molecule has 0 saturated carbocycles. The maximum Gasteiger partial charge on any atom is 0.387 e. The molecule has 0 saturated heterocycles. The highest BCUT2D eigenvalue weighted by Gasteiger charge is 2.19. The van der Waals surface area contributed by atoms with Crippen molar-refractivity contribution in [1.82, 2.24) is 10.3 Å². The monoisotopic (exact) mass is 330 g/mol. The maximum absolute atomic E-state index is 13.2. The number of rotatable bonds is 6. The lowest BCUT2D eigenvalue weighted by Crippen LogP contribution is -2.23. The van der Waals surface area contributed by atoms with Crippen LogP contribution in [0.25, 0.3) is 0 Å². The SMILES string of the molecule is Cc1cnc([C@@H](C)N[C@@H](C)c2ccc(F)cc2OC(F)F)s1. The molecule has 0 fully saturated rings. The molecule has 0 radical (unpaired) electrons. The normalized spacial score (nSPS) is 14.1. The van der Waals surface area contributed by atoms with Crippen molar-refractivity contribution in [3.63, 3.8) is 0 Å². The smallest absolute Gasteiger partial charge is 0.387 e. The molecule has 2 aromatic rings. The quantitative estimate of drug-likeness (QED) is 0.840. The van der Waals surface area contributed by atoms with Gasteiger partial charge in [0, 0.05) is 28.7 Å². The Morgan fingerprint density at radius 2 is 1.95 bits per heavy atom. The van der Waals surface area contributed by atoms with E-state index in [0.29, 0.717) is 5.56 Å². The Kier molecular flexibility index (Phi) is 5.42. The van der Waals surface area contributed by atoms with Gasteiger partial charge in [0.15, 0.2) is 0 Å². The molecule has 120 valence electrons. The molecule has 0 aliphatic carbocycles. The van der Waals surface area contributed by atoms with Crippen LogP contribution in [0.5, 0.6) is 5.75 Å². The molecule has 0 aliphatic rings. The Morgan fingerprint density at radius 1 is 1.23 bits per heavy atom. The summed E-state index contributed by atoms with van der Waals surface area (Å²) >= 11 is 1.57. The largest absolute Gasteiger partial charge is 0.434 e. The highest BCUT2D eigenvalue weighted by Crippen LogP contribution is 2.30. The average molecular weight is 330 g/mol. The maximum atomic E-state index is 13.2. The summed E-state index contributed by atoms with van der Waals surface area (Å²) in [6.45, 7) is 2.71. The fourth-order valence-electron chi connectivity index (χ4n) is 2.17. The van der Waals surface area contributed by atoms with Crippen molar-refractivity contribution in [2.45, 2.75) is 39.5 Å². The fourth-order valence-corrected chi connectivity index (χ4v) is 2.96. The van der Waals surface area contributed by atoms with Crippen LogP contribution < -0.4 is 10.1 Å². The summed E-state index contributed by atoms with van der Waals surface area (Å²) in [5.41, 5.74) is 0.474. The van der Waals surface area contributed by atoms with Gasteiger partial charge >= 0.3 is 6.61 Å². The molecule has 2 rings (SSSR count). The summed E-state index contributed by atoms with van der Waals surface area (Å²) in [6, 6.07) is 3.29. The Labute approximate surface area is 131 Å². The molecule has 1 heterocycles. The molecule has 0 unspecified atom stereocenters. The molecule has 3 nitrogen and oxygen atoms in total. The minimum absolute atomic E-state index is 0.0573. The lowest BCUT2D eigenvalue weighted by atomic mass is 10.1. The molecule has 0 amide bonds. The summed E-state index contributed by atoms with van der Waals surface area (Å²) < 4.78 is 42.6. The first-order valence-corrected chi connectivity index (χ1v) is 7.61. The molecule has 1 N–H and O–H groups in total. The number of hydrogen-bond donors (Lipinski definition) is 1. The Bertz CT molecular complexity index is 633. The van der Waals surface area contributed by atoms with E-state index in [0.717, 1.165) is 16.0 Å². The molecular formula is C15H17F3N2OS. The van der Waals surface area contributed by atoms with Gasteiger partial charge in [-0.1, -0.05) is 6.07 Å². The third-order valence-corrected chi connectivity index (χ3v) is 4.26. The lowest BCUT2D eigenvalue weighted by molar-refractivity contribution is -0.0508. The van der Waals surface area contributed by atoms with E-state index in [1.54, 1.807) is 17.5 Å². The molecular weight excluding hydrogens is 313 g/mol. The molecule has 7 heteroatoms. The Hall–Kier alpha value is -1.60. The zero-order valence-corrected chi connectivity index (χ0v) is 13.3. The number of aryl methyl sites for hydroxylation is 1. The van der Waals surface area contributed by atoms with Gasteiger partial charge < -0.3 is 10.1 Å². The van der Waals surface area contributed by atoms with Crippen molar-refractivity contribution >= 4 is 11.3 Å². The summed E-state index contributed by atoms with van der Waals surface area (Å²) in [5, 5.41) is 4.16. The molecule has 2 atom stereocenters. The summed E-state index contributed by atoms with van der Waals surface area (Å²) in [7, 11) is 0. The Balaban J connectivity index is 2.16. The molecule has 1 aromatic carbocycles. The molecule has 22 heavy (non-hydrogen) atoms. The molecule has 1 aromatic heterocycles. The first kappa shape index (κ1) is 16.8. The van der Waals surface area contributed by atoms with Crippen LogP contribution in [-0.4, -0.2) is 11.6 Å². The van der Waals surface area contributed by atoms with Crippen LogP contribution in [0.3, 0.4) is 0 Å². The molecule has 0 spiro atoms. The van der Waals surface area contributed by atoms with E-state index in [-0.39, 0.29) is 17.8 Å². The van der Waals surface area contributed by atoms with Crippen molar-refractivity contribution in [3.8, 4) is 5.75 Å². The second kappa shape index (κ2) is 7.11. The van der Waals surface area contributed by atoms with Crippen molar-refractivity contribution in [3.05, 3.63) is 45.7 Å². The van der Waals surface area contributed by atoms with Gasteiger partial charge in [-0.2, -0.15) is 8.78 Å². The minimum Gasteiger partial charge on any atom is -0.434 e. The summed E-state index contributed by atoms with van der Waals surface area (Å²) in [4.78, 5) is 5.39. The van der Waals surface area contributed by atoms with Crippen molar-refractivity contribution in [1.29, 1.82) is 0 Å². The second-order valence-corrected chi connectivity index (χ2v) is 6.25. The predicted octanol–water partition coefficient (Wildman–Crippen LogP) is 4.60. The van der Waals surface area contributed by atoms with Gasteiger partial charge in [0.05, 0.1) is 6.04 Å². The van der Waals surface area contributed by atoms with Crippen LogP contribution in [-0.2, 0) is 0 Å². The standard InChI is InChI=1S/C15H17F3N2OS/c1-8-7-19-14(22-8)10(3)20-9(2)12-5-4-11(16)6-13(12)21-15(17)18/h4-7,9-10,15,20H,1-3H3/t9-,10+/m0/s1. The van der Waals surface area contributed by atoms with E-state index in [4.69, 9.17) is 0 Å². The first-order chi connectivity index (χ1) is 10.4. The topological polar surface area (TPSA) is 34.2 Å².